The molecule has 0 radical (unpaired) electrons. The Morgan fingerprint density at radius 2 is 2.00 bits per heavy atom. The number of hydrogen-bond acceptors (Lipinski definition) is 3. The lowest BCUT2D eigenvalue weighted by Crippen LogP contribution is -2.37. The third-order valence-electron chi connectivity index (χ3n) is 3.17. The molecule has 0 aromatic carbocycles. The van der Waals surface area contributed by atoms with Gasteiger partial charge in [0.2, 0.25) is 0 Å². The van der Waals surface area contributed by atoms with Crippen molar-refractivity contribution >= 4 is 12.0 Å². The average Bonchev–Trinajstić information content (AvgIpc) is 2.46. The monoisotopic (exact) mass is 293 g/mol. The molecule has 116 valence electrons. The Labute approximate surface area is 125 Å². The van der Waals surface area contributed by atoms with E-state index in [4.69, 9.17) is 5.11 Å². The zero-order valence-corrected chi connectivity index (χ0v) is 12.3. The van der Waals surface area contributed by atoms with Crippen LogP contribution < -0.4 is 10.6 Å². The lowest BCUT2D eigenvalue weighted by atomic mass is 10.0. The second-order valence-electron chi connectivity index (χ2n) is 5.08. The van der Waals surface area contributed by atoms with Crippen LogP contribution in [0.2, 0.25) is 0 Å². The third-order valence-corrected chi connectivity index (χ3v) is 3.17. The van der Waals surface area contributed by atoms with Crippen LogP contribution >= 0.6 is 0 Å². The maximum absolute atomic E-state index is 11.5. The molecule has 1 aromatic heterocycles. The van der Waals surface area contributed by atoms with Crippen molar-refractivity contribution in [2.75, 3.05) is 13.1 Å². The van der Waals surface area contributed by atoms with Crippen LogP contribution in [0.3, 0.4) is 0 Å². The van der Waals surface area contributed by atoms with E-state index in [9.17, 15) is 9.59 Å². The number of nitrogens with one attached hydrogen (secondary N) is 2. The van der Waals surface area contributed by atoms with E-state index in [0.717, 1.165) is 12.1 Å². The Hall–Kier alpha value is -2.11. The Bertz CT molecular complexity index is 437. The zero-order valence-electron chi connectivity index (χ0n) is 12.3. The molecule has 3 N–H and O–H groups in total. The summed E-state index contributed by atoms with van der Waals surface area (Å²) in [5.41, 5.74) is 0.945. The fourth-order valence-electron chi connectivity index (χ4n) is 1.86. The van der Waals surface area contributed by atoms with Gasteiger partial charge in [-0.2, -0.15) is 0 Å². The topological polar surface area (TPSA) is 91.3 Å². The summed E-state index contributed by atoms with van der Waals surface area (Å²) in [6, 6.07) is 5.50. The van der Waals surface area contributed by atoms with Crippen molar-refractivity contribution in [2.45, 2.75) is 32.6 Å². The molecule has 6 nitrogen and oxygen atoms in total. The lowest BCUT2D eigenvalue weighted by Gasteiger charge is -2.11. The highest BCUT2D eigenvalue weighted by Crippen LogP contribution is 2.08. The molecule has 1 rings (SSSR count). The van der Waals surface area contributed by atoms with Crippen molar-refractivity contribution < 1.29 is 14.7 Å². The first-order valence-electron chi connectivity index (χ1n) is 7.21. The molecule has 0 fully saturated rings. The van der Waals surface area contributed by atoms with E-state index in [1.807, 2.05) is 25.1 Å². The minimum absolute atomic E-state index is 0.178. The van der Waals surface area contributed by atoms with Gasteiger partial charge in [0.25, 0.3) is 0 Å². The highest BCUT2D eigenvalue weighted by Gasteiger charge is 2.06. The molecule has 0 bridgehead atoms. The van der Waals surface area contributed by atoms with E-state index in [-0.39, 0.29) is 18.4 Å². The first kappa shape index (κ1) is 16.9. The molecule has 1 aromatic rings. The molecule has 6 heteroatoms. The average molecular weight is 293 g/mol. The molecule has 2 amide bonds. The van der Waals surface area contributed by atoms with Gasteiger partial charge in [-0.05, 0) is 30.9 Å². The van der Waals surface area contributed by atoms with Gasteiger partial charge in [-0.1, -0.05) is 13.0 Å². The number of carboxylic acid groups (broad SMARTS) is 1. The van der Waals surface area contributed by atoms with E-state index in [1.165, 1.54) is 0 Å². The van der Waals surface area contributed by atoms with Crippen molar-refractivity contribution in [3.05, 3.63) is 30.1 Å². The molecule has 0 aliphatic rings. The van der Waals surface area contributed by atoms with Gasteiger partial charge in [-0.25, -0.2) is 4.79 Å². The van der Waals surface area contributed by atoms with Gasteiger partial charge in [0.1, 0.15) is 0 Å². The summed E-state index contributed by atoms with van der Waals surface area (Å²) in [6.45, 7) is 3.08. The maximum atomic E-state index is 11.5. The standard InChI is InChI=1S/C15H23N3O3/c1-12(5-6-14(19)20)7-10-17-15(21)18-11-8-13-4-2-3-9-16-13/h2-4,9,12H,5-8,10-11H2,1H3,(H,19,20)(H2,17,18,21). The van der Waals surface area contributed by atoms with Gasteiger partial charge >= 0.3 is 12.0 Å². The molecule has 1 heterocycles. The van der Waals surface area contributed by atoms with Crippen molar-refractivity contribution in [3.63, 3.8) is 0 Å². The Morgan fingerprint density at radius 3 is 2.67 bits per heavy atom. The fourth-order valence-corrected chi connectivity index (χ4v) is 1.86. The Kier molecular flexibility index (Phi) is 7.86. The molecule has 0 saturated carbocycles. The molecule has 0 spiro atoms. The zero-order chi connectivity index (χ0) is 15.5. The number of aromatic nitrogens is 1. The van der Waals surface area contributed by atoms with Gasteiger partial charge in [0, 0.05) is 37.8 Å². The summed E-state index contributed by atoms with van der Waals surface area (Å²) in [4.78, 5) is 26.2. The normalized spacial score (nSPS) is 11.7. The second-order valence-corrected chi connectivity index (χ2v) is 5.08. The molecular formula is C15H23N3O3. The van der Waals surface area contributed by atoms with Gasteiger partial charge in [0.05, 0.1) is 0 Å². The van der Waals surface area contributed by atoms with Gasteiger partial charge in [-0.3, -0.25) is 9.78 Å². The number of urea groups is 1. The van der Waals surface area contributed by atoms with Crippen LogP contribution in [0.4, 0.5) is 4.79 Å². The molecule has 0 saturated heterocycles. The predicted octanol–water partition coefficient (Wildman–Crippen LogP) is 1.81. The minimum atomic E-state index is -0.776. The highest BCUT2D eigenvalue weighted by atomic mass is 16.4. The summed E-state index contributed by atoms with van der Waals surface area (Å²) in [5, 5.41) is 14.1. The number of aliphatic carboxylic acids is 1. The number of carboxylic acids is 1. The predicted molar refractivity (Wildman–Crippen MR) is 80.0 cm³/mol. The molecule has 1 atom stereocenters. The summed E-state index contributed by atoms with van der Waals surface area (Å²) in [5.74, 6) is -0.489. The number of carbonyl (C=O) groups excluding carboxylic acids is 1. The van der Waals surface area contributed by atoms with E-state index < -0.39 is 5.97 Å². The van der Waals surface area contributed by atoms with Crippen molar-refractivity contribution in [3.8, 4) is 0 Å². The molecule has 0 aliphatic carbocycles. The molecule has 0 aliphatic heterocycles. The van der Waals surface area contributed by atoms with E-state index >= 15 is 0 Å². The summed E-state index contributed by atoms with van der Waals surface area (Å²) < 4.78 is 0. The van der Waals surface area contributed by atoms with E-state index in [2.05, 4.69) is 15.6 Å². The number of hydrogen-bond donors (Lipinski definition) is 3. The number of nitrogens with zero attached hydrogens (tertiary/aromatic N) is 1. The Morgan fingerprint density at radius 1 is 1.24 bits per heavy atom. The first-order chi connectivity index (χ1) is 10.1. The summed E-state index contributed by atoms with van der Waals surface area (Å²) >= 11 is 0. The SMILES string of the molecule is CC(CCNC(=O)NCCc1ccccn1)CCC(=O)O. The largest absolute Gasteiger partial charge is 0.481 e. The lowest BCUT2D eigenvalue weighted by molar-refractivity contribution is -0.137. The van der Waals surface area contributed by atoms with Crippen LogP contribution in [0.5, 0.6) is 0 Å². The number of pyridine rings is 1. The van der Waals surface area contributed by atoms with Crippen LogP contribution in [0.25, 0.3) is 0 Å². The van der Waals surface area contributed by atoms with Crippen molar-refractivity contribution in [1.29, 1.82) is 0 Å². The van der Waals surface area contributed by atoms with Gasteiger partial charge in [0.15, 0.2) is 0 Å². The fraction of sp³-hybridized carbons (Fsp3) is 0.533. The van der Waals surface area contributed by atoms with Gasteiger partial charge in [-0.15, -0.1) is 0 Å². The van der Waals surface area contributed by atoms with Gasteiger partial charge < -0.3 is 15.7 Å². The van der Waals surface area contributed by atoms with Crippen molar-refractivity contribution in [2.24, 2.45) is 5.92 Å². The first-order valence-corrected chi connectivity index (χ1v) is 7.21. The van der Waals surface area contributed by atoms with Crippen LogP contribution in [-0.2, 0) is 11.2 Å². The maximum Gasteiger partial charge on any atom is 0.314 e. The third kappa shape index (κ3) is 8.62. The second kappa shape index (κ2) is 9.74. The van der Waals surface area contributed by atoms with Crippen LogP contribution in [-0.4, -0.2) is 35.2 Å². The quantitative estimate of drug-likeness (QED) is 0.647. The minimum Gasteiger partial charge on any atom is -0.481 e. The molecule has 1 unspecified atom stereocenters. The molecular weight excluding hydrogens is 270 g/mol. The smallest absolute Gasteiger partial charge is 0.314 e. The number of carbonyl (C=O) groups is 2. The highest BCUT2D eigenvalue weighted by molar-refractivity contribution is 5.73. The van der Waals surface area contributed by atoms with E-state index in [0.29, 0.717) is 25.9 Å². The van der Waals surface area contributed by atoms with Crippen LogP contribution in [0, 0.1) is 5.92 Å². The van der Waals surface area contributed by atoms with Crippen LogP contribution in [0.15, 0.2) is 24.4 Å². The number of rotatable bonds is 9. The van der Waals surface area contributed by atoms with E-state index in [1.54, 1.807) is 6.20 Å². The number of amides is 2. The summed E-state index contributed by atoms with van der Waals surface area (Å²) in [7, 11) is 0. The summed E-state index contributed by atoms with van der Waals surface area (Å²) in [6.07, 6.45) is 4.02. The Balaban J connectivity index is 2.05. The van der Waals surface area contributed by atoms with Crippen molar-refractivity contribution in [1.82, 2.24) is 15.6 Å². The molecule has 21 heavy (non-hydrogen) atoms. The van der Waals surface area contributed by atoms with Crippen LogP contribution in [0.1, 0.15) is 31.9 Å².